The molecule has 0 aliphatic carbocycles. The van der Waals surface area contributed by atoms with Gasteiger partial charge in [-0.25, -0.2) is 9.97 Å². The van der Waals surface area contributed by atoms with E-state index in [2.05, 4.69) is 19.9 Å². The zero-order chi connectivity index (χ0) is 22.5. The Morgan fingerprint density at radius 2 is 1.88 bits per heavy atom. The Labute approximate surface area is 189 Å². The van der Waals surface area contributed by atoms with Crippen LogP contribution in [0.15, 0.2) is 41.3 Å². The smallest absolute Gasteiger partial charge is 0.258 e. The predicted octanol–water partition coefficient (Wildman–Crippen LogP) is 1.92. The van der Waals surface area contributed by atoms with Crippen LogP contribution in [0, 0.1) is 0 Å². The van der Waals surface area contributed by atoms with Crippen molar-refractivity contribution in [2.24, 2.45) is 0 Å². The van der Waals surface area contributed by atoms with Crippen LogP contribution in [0.25, 0.3) is 10.9 Å². The minimum absolute atomic E-state index is 0.0882. The fourth-order valence-electron chi connectivity index (χ4n) is 3.63. The molecule has 2 aromatic heterocycles. The maximum Gasteiger partial charge on any atom is 0.258 e. The quantitative estimate of drug-likeness (QED) is 0.577. The second-order valence-corrected chi connectivity index (χ2v) is 8.27. The summed E-state index contributed by atoms with van der Waals surface area (Å²) < 4.78 is 10.6. The molecule has 1 amide bonds. The third-order valence-corrected chi connectivity index (χ3v) is 6.26. The van der Waals surface area contributed by atoms with E-state index in [1.807, 2.05) is 23.1 Å². The highest BCUT2D eigenvalue weighted by Gasteiger charge is 2.21. The van der Waals surface area contributed by atoms with Gasteiger partial charge in [0, 0.05) is 38.4 Å². The van der Waals surface area contributed by atoms with E-state index < -0.39 is 0 Å². The first kappa shape index (κ1) is 21.9. The fourth-order valence-corrected chi connectivity index (χ4v) is 4.42. The Kier molecular flexibility index (Phi) is 6.79. The van der Waals surface area contributed by atoms with Crippen molar-refractivity contribution in [3.05, 3.63) is 52.7 Å². The highest BCUT2D eigenvalue weighted by molar-refractivity contribution is 7.99. The SMILES string of the molecule is COc1cc2nc(CSCC(=O)N3CCN(c4ccccn4)CC3)[nH]c(=O)c2cc1OC. The lowest BCUT2D eigenvalue weighted by Gasteiger charge is -2.35. The van der Waals surface area contributed by atoms with Crippen LogP contribution in [0.4, 0.5) is 5.82 Å². The van der Waals surface area contributed by atoms with Gasteiger partial charge in [0.15, 0.2) is 11.5 Å². The zero-order valence-corrected chi connectivity index (χ0v) is 18.9. The van der Waals surface area contributed by atoms with E-state index in [-0.39, 0.29) is 11.5 Å². The molecule has 1 saturated heterocycles. The maximum atomic E-state index is 12.6. The Hall–Kier alpha value is -3.27. The molecule has 4 rings (SSSR count). The zero-order valence-electron chi connectivity index (χ0n) is 18.0. The van der Waals surface area contributed by atoms with Gasteiger partial charge in [-0.05, 0) is 18.2 Å². The number of carbonyl (C=O) groups excluding carboxylic acids is 1. The summed E-state index contributed by atoms with van der Waals surface area (Å²) in [5.41, 5.74) is 0.280. The topological polar surface area (TPSA) is 101 Å². The number of rotatable bonds is 7. The van der Waals surface area contributed by atoms with Crippen LogP contribution in [-0.4, -0.2) is 71.9 Å². The number of aromatic amines is 1. The second kappa shape index (κ2) is 9.90. The van der Waals surface area contributed by atoms with Gasteiger partial charge in [0.25, 0.3) is 5.56 Å². The van der Waals surface area contributed by atoms with Gasteiger partial charge in [-0.1, -0.05) is 6.07 Å². The summed E-state index contributed by atoms with van der Waals surface area (Å²) in [6.45, 7) is 2.86. The van der Waals surface area contributed by atoms with Gasteiger partial charge in [0.2, 0.25) is 5.91 Å². The van der Waals surface area contributed by atoms with Crippen LogP contribution in [0.2, 0.25) is 0 Å². The molecule has 168 valence electrons. The van der Waals surface area contributed by atoms with Crippen molar-refractivity contribution >= 4 is 34.4 Å². The lowest BCUT2D eigenvalue weighted by atomic mass is 10.2. The number of piperazine rings is 1. The first-order valence-corrected chi connectivity index (χ1v) is 11.4. The van der Waals surface area contributed by atoms with Crippen LogP contribution in [0.1, 0.15) is 5.82 Å². The molecule has 1 fully saturated rings. The molecule has 0 spiro atoms. The molecule has 10 heteroatoms. The molecule has 0 unspecified atom stereocenters. The Balaban J connectivity index is 1.33. The van der Waals surface area contributed by atoms with Crippen molar-refractivity contribution in [1.29, 1.82) is 0 Å². The number of thioether (sulfide) groups is 1. The third-order valence-electron chi connectivity index (χ3n) is 5.33. The summed E-state index contributed by atoms with van der Waals surface area (Å²) in [4.78, 5) is 40.8. The van der Waals surface area contributed by atoms with Crippen LogP contribution in [0.5, 0.6) is 11.5 Å². The number of hydrogen-bond donors (Lipinski definition) is 1. The number of hydrogen-bond acceptors (Lipinski definition) is 8. The Morgan fingerprint density at radius 3 is 2.56 bits per heavy atom. The lowest BCUT2D eigenvalue weighted by Crippen LogP contribution is -2.49. The molecule has 9 nitrogen and oxygen atoms in total. The molecule has 1 aromatic carbocycles. The van der Waals surface area contributed by atoms with Gasteiger partial charge in [0.1, 0.15) is 11.6 Å². The number of nitrogens with zero attached hydrogens (tertiary/aromatic N) is 4. The predicted molar refractivity (Wildman–Crippen MR) is 125 cm³/mol. The van der Waals surface area contributed by atoms with E-state index in [0.29, 0.717) is 52.8 Å². The van der Waals surface area contributed by atoms with E-state index >= 15 is 0 Å². The number of ether oxygens (including phenoxy) is 2. The number of fused-ring (bicyclic) bond motifs is 1. The summed E-state index contributed by atoms with van der Waals surface area (Å²) in [5, 5.41) is 0.429. The van der Waals surface area contributed by atoms with Gasteiger partial charge in [-0.15, -0.1) is 11.8 Å². The van der Waals surface area contributed by atoms with Crippen molar-refractivity contribution < 1.29 is 14.3 Å². The molecule has 0 atom stereocenters. The molecule has 1 aliphatic heterocycles. The Bertz CT molecular complexity index is 1150. The monoisotopic (exact) mass is 455 g/mol. The maximum absolute atomic E-state index is 12.6. The van der Waals surface area contributed by atoms with Crippen molar-refractivity contribution in [2.75, 3.05) is 51.1 Å². The molecule has 0 bridgehead atoms. The molecule has 3 heterocycles. The molecule has 0 radical (unpaired) electrons. The van der Waals surface area contributed by atoms with Crippen molar-refractivity contribution in [1.82, 2.24) is 19.9 Å². The first-order valence-electron chi connectivity index (χ1n) is 10.3. The highest BCUT2D eigenvalue weighted by atomic mass is 32.2. The molecule has 3 aromatic rings. The number of benzene rings is 1. The third kappa shape index (κ3) is 4.80. The molecule has 1 N–H and O–H groups in total. The summed E-state index contributed by atoms with van der Waals surface area (Å²) in [7, 11) is 3.06. The standard InChI is InChI=1S/C22H25N5O4S/c1-30-17-11-15-16(12-18(17)31-2)24-19(25-22(15)29)13-32-14-21(28)27-9-7-26(8-10-27)20-5-3-4-6-23-20/h3-6,11-12H,7-10,13-14H2,1-2H3,(H,24,25,29). The van der Waals surface area contributed by atoms with Crippen molar-refractivity contribution in [3.8, 4) is 11.5 Å². The summed E-state index contributed by atoms with van der Waals surface area (Å²) in [5.74, 6) is 3.29. The average Bonchev–Trinajstić information content (AvgIpc) is 2.84. The van der Waals surface area contributed by atoms with E-state index in [0.717, 1.165) is 18.9 Å². The number of H-pyrrole nitrogens is 1. The summed E-state index contributed by atoms with van der Waals surface area (Å²) in [6.07, 6.45) is 1.78. The van der Waals surface area contributed by atoms with Gasteiger partial charge < -0.3 is 24.3 Å². The first-order chi connectivity index (χ1) is 15.6. The lowest BCUT2D eigenvalue weighted by molar-refractivity contribution is -0.128. The summed E-state index contributed by atoms with van der Waals surface area (Å²) in [6, 6.07) is 9.14. The molecular weight excluding hydrogens is 430 g/mol. The van der Waals surface area contributed by atoms with Crippen LogP contribution in [-0.2, 0) is 10.5 Å². The van der Waals surface area contributed by atoms with E-state index in [1.165, 1.54) is 26.0 Å². The van der Waals surface area contributed by atoms with Gasteiger partial charge in [0.05, 0.1) is 36.6 Å². The number of methoxy groups -OCH3 is 2. The molecule has 0 saturated carbocycles. The molecule has 32 heavy (non-hydrogen) atoms. The number of carbonyl (C=O) groups is 1. The number of nitrogens with one attached hydrogen (secondary N) is 1. The number of amides is 1. The number of pyridine rings is 1. The van der Waals surface area contributed by atoms with Crippen LogP contribution >= 0.6 is 11.8 Å². The number of anilines is 1. The number of aromatic nitrogens is 3. The van der Waals surface area contributed by atoms with Crippen molar-refractivity contribution in [3.63, 3.8) is 0 Å². The van der Waals surface area contributed by atoms with Crippen LogP contribution in [0.3, 0.4) is 0 Å². The van der Waals surface area contributed by atoms with E-state index in [9.17, 15) is 9.59 Å². The van der Waals surface area contributed by atoms with E-state index in [1.54, 1.807) is 18.3 Å². The van der Waals surface area contributed by atoms with Crippen molar-refractivity contribution in [2.45, 2.75) is 5.75 Å². The fraction of sp³-hybridized carbons (Fsp3) is 0.364. The molecule has 1 aliphatic rings. The van der Waals surface area contributed by atoms with Crippen LogP contribution < -0.4 is 19.9 Å². The molecular formula is C22H25N5O4S. The average molecular weight is 456 g/mol. The van der Waals surface area contributed by atoms with E-state index in [4.69, 9.17) is 9.47 Å². The minimum atomic E-state index is -0.247. The largest absolute Gasteiger partial charge is 0.493 e. The van der Waals surface area contributed by atoms with Gasteiger partial charge >= 0.3 is 0 Å². The van der Waals surface area contributed by atoms with Gasteiger partial charge in [-0.3, -0.25) is 9.59 Å². The van der Waals surface area contributed by atoms with Gasteiger partial charge in [-0.2, -0.15) is 0 Å². The Morgan fingerprint density at radius 1 is 1.12 bits per heavy atom. The second-order valence-electron chi connectivity index (χ2n) is 7.29. The minimum Gasteiger partial charge on any atom is -0.493 e. The normalized spacial score (nSPS) is 13.9. The summed E-state index contributed by atoms with van der Waals surface area (Å²) >= 11 is 1.43. The highest BCUT2D eigenvalue weighted by Crippen LogP contribution is 2.30.